The molecule has 1 heterocycles. The third-order valence-corrected chi connectivity index (χ3v) is 3.90. The zero-order valence-corrected chi connectivity index (χ0v) is 13.4. The van der Waals surface area contributed by atoms with Crippen LogP contribution < -0.4 is 4.74 Å². The number of aliphatic hydroxyl groups excluding tert-OH is 1. The van der Waals surface area contributed by atoms with Gasteiger partial charge >= 0.3 is 0 Å². The predicted molar refractivity (Wildman–Crippen MR) is 83.7 cm³/mol. The minimum Gasteiger partial charge on any atom is -0.489 e. The van der Waals surface area contributed by atoms with Gasteiger partial charge < -0.3 is 9.84 Å². The van der Waals surface area contributed by atoms with E-state index in [1.807, 2.05) is 38.2 Å². The van der Waals surface area contributed by atoms with Crippen LogP contribution in [0.25, 0.3) is 0 Å². The van der Waals surface area contributed by atoms with Gasteiger partial charge in [0.2, 0.25) is 0 Å². The average Bonchev–Trinajstić information content (AvgIpc) is 2.69. The third-order valence-electron chi connectivity index (χ3n) is 3.43. The minimum atomic E-state index is -0.267. The summed E-state index contributed by atoms with van der Waals surface area (Å²) in [5.41, 5.74) is 2.99. The third kappa shape index (κ3) is 4.22. The van der Waals surface area contributed by atoms with Crippen LogP contribution in [0.15, 0.2) is 24.3 Å². The summed E-state index contributed by atoms with van der Waals surface area (Å²) in [6.45, 7) is 4.13. The number of benzene rings is 1. The summed E-state index contributed by atoms with van der Waals surface area (Å²) in [6, 6.07) is 7.93. The molecule has 0 spiro atoms. The maximum Gasteiger partial charge on any atom is 0.133 e. The topological polar surface area (TPSA) is 47.3 Å². The minimum absolute atomic E-state index is 0.267. The van der Waals surface area contributed by atoms with Crippen LogP contribution in [0.4, 0.5) is 0 Å². The Morgan fingerprint density at radius 2 is 2.00 bits per heavy atom. The maximum absolute atomic E-state index is 9.29. The van der Waals surface area contributed by atoms with Crippen LogP contribution >= 0.6 is 11.6 Å². The molecule has 1 aromatic carbocycles. The van der Waals surface area contributed by atoms with Crippen LogP contribution in [0.1, 0.15) is 30.2 Å². The first kappa shape index (κ1) is 15.9. The van der Waals surface area contributed by atoms with Crippen molar-refractivity contribution in [3.8, 4) is 5.75 Å². The molecule has 2 aromatic rings. The molecular weight excluding hydrogens is 288 g/mol. The predicted octanol–water partition coefficient (Wildman–Crippen LogP) is 3.27. The summed E-state index contributed by atoms with van der Waals surface area (Å²) in [5, 5.41) is 14.2. The molecule has 114 valence electrons. The van der Waals surface area contributed by atoms with E-state index in [0.29, 0.717) is 11.8 Å². The molecule has 0 fully saturated rings. The van der Waals surface area contributed by atoms with Gasteiger partial charge in [0.15, 0.2) is 0 Å². The molecule has 0 saturated carbocycles. The highest BCUT2D eigenvalue weighted by Gasteiger charge is 2.11. The van der Waals surface area contributed by atoms with Gasteiger partial charge in [0, 0.05) is 12.6 Å². The van der Waals surface area contributed by atoms with Crippen molar-refractivity contribution >= 4 is 11.6 Å². The zero-order chi connectivity index (χ0) is 15.4. The quantitative estimate of drug-likeness (QED) is 0.891. The summed E-state index contributed by atoms with van der Waals surface area (Å²) in [4.78, 5) is 0. The number of aryl methyl sites for hydroxylation is 3. The highest BCUT2D eigenvalue weighted by atomic mass is 35.5. The number of ether oxygens (including phenoxy) is 1. The number of rotatable bonds is 6. The smallest absolute Gasteiger partial charge is 0.133 e. The molecule has 0 saturated heterocycles. The molecule has 0 aliphatic heterocycles. The molecular formula is C16H21ClN2O2. The lowest BCUT2D eigenvalue weighted by Crippen LogP contribution is -2.01. The lowest BCUT2D eigenvalue weighted by Gasteiger charge is -2.08. The number of halogens is 1. The van der Waals surface area contributed by atoms with Gasteiger partial charge in [0.1, 0.15) is 17.5 Å². The second kappa shape index (κ2) is 6.96. The van der Waals surface area contributed by atoms with Crippen LogP contribution in [0, 0.1) is 6.92 Å². The molecule has 2 rings (SSSR count). The van der Waals surface area contributed by atoms with Crippen LogP contribution in [-0.4, -0.2) is 21.0 Å². The second-order valence-electron chi connectivity index (χ2n) is 5.30. The number of aliphatic hydroxyl groups is 1. The van der Waals surface area contributed by atoms with Gasteiger partial charge in [0.05, 0.1) is 11.8 Å². The van der Waals surface area contributed by atoms with Crippen molar-refractivity contribution in [2.75, 3.05) is 0 Å². The Hall–Kier alpha value is -1.52. The van der Waals surface area contributed by atoms with Crippen LogP contribution in [0.2, 0.25) is 5.15 Å². The Bertz CT molecular complexity index is 591. The molecule has 1 aromatic heterocycles. The monoisotopic (exact) mass is 308 g/mol. The van der Waals surface area contributed by atoms with Crippen molar-refractivity contribution in [3.05, 3.63) is 46.2 Å². The van der Waals surface area contributed by atoms with E-state index in [4.69, 9.17) is 16.3 Å². The van der Waals surface area contributed by atoms with Crippen molar-refractivity contribution in [1.82, 2.24) is 9.78 Å². The Labute approximate surface area is 130 Å². The number of aromatic nitrogens is 2. The summed E-state index contributed by atoms with van der Waals surface area (Å²) in [7, 11) is 1.82. The largest absolute Gasteiger partial charge is 0.489 e. The first-order valence-electron chi connectivity index (χ1n) is 7.05. The lowest BCUT2D eigenvalue weighted by atomic mass is 10.1. The van der Waals surface area contributed by atoms with E-state index in [1.165, 1.54) is 5.56 Å². The van der Waals surface area contributed by atoms with Crippen LogP contribution in [0.5, 0.6) is 5.75 Å². The van der Waals surface area contributed by atoms with Crippen molar-refractivity contribution in [1.29, 1.82) is 0 Å². The van der Waals surface area contributed by atoms with Crippen LogP contribution in [0.3, 0.4) is 0 Å². The fourth-order valence-electron chi connectivity index (χ4n) is 2.12. The summed E-state index contributed by atoms with van der Waals surface area (Å²) < 4.78 is 7.41. The summed E-state index contributed by atoms with van der Waals surface area (Å²) in [5.74, 6) is 0.801. The molecule has 0 radical (unpaired) electrons. The number of hydrogen-bond acceptors (Lipinski definition) is 3. The van der Waals surface area contributed by atoms with Crippen molar-refractivity contribution in [2.24, 2.45) is 7.05 Å². The molecule has 5 heteroatoms. The van der Waals surface area contributed by atoms with Gasteiger partial charge in [-0.25, -0.2) is 0 Å². The van der Waals surface area contributed by atoms with Crippen molar-refractivity contribution < 1.29 is 9.84 Å². The van der Waals surface area contributed by atoms with Gasteiger partial charge in [-0.1, -0.05) is 23.7 Å². The highest BCUT2D eigenvalue weighted by Crippen LogP contribution is 2.21. The highest BCUT2D eigenvalue weighted by molar-refractivity contribution is 6.30. The lowest BCUT2D eigenvalue weighted by molar-refractivity contribution is 0.185. The molecule has 0 bridgehead atoms. The van der Waals surface area contributed by atoms with Gasteiger partial charge in [-0.2, -0.15) is 5.10 Å². The van der Waals surface area contributed by atoms with E-state index in [-0.39, 0.29) is 6.10 Å². The normalized spacial score (nSPS) is 12.4. The molecule has 0 amide bonds. The Morgan fingerprint density at radius 3 is 2.52 bits per heavy atom. The van der Waals surface area contributed by atoms with E-state index in [0.717, 1.165) is 29.8 Å². The van der Waals surface area contributed by atoms with Crippen molar-refractivity contribution in [2.45, 2.75) is 39.4 Å². The molecule has 21 heavy (non-hydrogen) atoms. The van der Waals surface area contributed by atoms with E-state index in [1.54, 1.807) is 11.6 Å². The number of nitrogens with zero attached hydrogens (tertiary/aromatic N) is 2. The molecule has 1 unspecified atom stereocenters. The average molecular weight is 309 g/mol. The fourth-order valence-corrected chi connectivity index (χ4v) is 2.35. The fraction of sp³-hybridized carbons (Fsp3) is 0.438. The Balaban J connectivity index is 1.94. The molecule has 0 aliphatic carbocycles. The van der Waals surface area contributed by atoms with Gasteiger partial charge in [0.25, 0.3) is 0 Å². The summed E-state index contributed by atoms with van der Waals surface area (Å²) >= 11 is 6.17. The Morgan fingerprint density at radius 1 is 1.33 bits per heavy atom. The van der Waals surface area contributed by atoms with Gasteiger partial charge in [-0.05, 0) is 44.4 Å². The molecule has 1 atom stereocenters. The van der Waals surface area contributed by atoms with E-state index >= 15 is 0 Å². The van der Waals surface area contributed by atoms with Gasteiger partial charge in [-0.3, -0.25) is 4.68 Å². The first-order valence-corrected chi connectivity index (χ1v) is 7.43. The maximum atomic E-state index is 9.29. The SMILES string of the molecule is Cc1nn(C)c(Cl)c1COc1ccc(CCC(C)O)cc1. The number of hydrogen-bond donors (Lipinski definition) is 1. The zero-order valence-electron chi connectivity index (χ0n) is 12.6. The Kier molecular flexibility index (Phi) is 5.26. The van der Waals surface area contributed by atoms with E-state index in [2.05, 4.69) is 5.10 Å². The first-order chi connectivity index (χ1) is 9.97. The molecule has 1 N–H and O–H groups in total. The second-order valence-corrected chi connectivity index (χ2v) is 5.66. The van der Waals surface area contributed by atoms with Crippen LogP contribution in [-0.2, 0) is 20.1 Å². The molecule has 4 nitrogen and oxygen atoms in total. The van der Waals surface area contributed by atoms with E-state index in [9.17, 15) is 5.11 Å². The van der Waals surface area contributed by atoms with Crippen molar-refractivity contribution in [3.63, 3.8) is 0 Å². The van der Waals surface area contributed by atoms with E-state index < -0.39 is 0 Å². The van der Waals surface area contributed by atoms with Gasteiger partial charge in [-0.15, -0.1) is 0 Å². The summed E-state index contributed by atoms with van der Waals surface area (Å²) in [6.07, 6.45) is 1.37. The standard InChI is InChI=1S/C16H21ClN2O2/c1-11(20)4-5-13-6-8-14(9-7-13)21-10-15-12(2)18-19(3)16(15)17/h6-9,11,20H,4-5,10H2,1-3H3. The molecule has 0 aliphatic rings.